The van der Waals surface area contributed by atoms with Gasteiger partial charge in [-0.1, -0.05) is 11.8 Å². The van der Waals surface area contributed by atoms with Crippen molar-refractivity contribution in [3.05, 3.63) is 48.8 Å². The van der Waals surface area contributed by atoms with E-state index in [4.69, 9.17) is 9.47 Å². The highest BCUT2D eigenvalue weighted by atomic mass is 32.2. The van der Waals surface area contributed by atoms with Crippen LogP contribution in [0, 0.1) is 0 Å². The lowest BCUT2D eigenvalue weighted by Gasteiger charge is -2.13. The first-order valence-corrected chi connectivity index (χ1v) is 10.2. The van der Waals surface area contributed by atoms with Gasteiger partial charge in [-0.3, -0.25) is 9.55 Å². The number of rotatable bonds is 7. The summed E-state index contributed by atoms with van der Waals surface area (Å²) in [6, 6.07) is 11.9. The molecule has 0 saturated carbocycles. The topological polar surface area (TPSA) is 62.1 Å². The van der Waals surface area contributed by atoms with Crippen LogP contribution in [0.5, 0.6) is 5.75 Å². The number of pyridine rings is 1. The molecule has 27 heavy (non-hydrogen) atoms. The van der Waals surface area contributed by atoms with Crippen LogP contribution in [0.4, 0.5) is 0 Å². The molecule has 0 bridgehead atoms. The molecule has 2 aromatic heterocycles. The Morgan fingerprint density at radius 1 is 1.15 bits per heavy atom. The first-order chi connectivity index (χ1) is 13.3. The average Bonchev–Trinajstić information content (AvgIpc) is 3.38. The van der Waals surface area contributed by atoms with Gasteiger partial charge in [-0.15, -0.1) is 10.2 Å². The van der Waals surface area contributed by atoms with E-state index in [1.807, 2.05) is 43.3 Å². The van der Waals surface area contributed by atoms with E-state index in [0.29, 0.717) is 12.7 Å². The molecule has 4 rings (SSSR count). The molecule has 6 nitrogen and oxygen atoms in total. The number of benzene rings is 1. The zero-order chi connectivity index (χ0) is 18.5. The molecule has 1 fully saturated rings. The quantitative estimate of drug-likeness (QED) is 0.576. The molecule has 3 heterocycles. The minimum absolute atomic E-state index is 0.296. The number of hydrogen-bond donors (Lipinski definition) is 0. The zero-order valence-corrected chi connectivity index (χ0v) is 16.1. The van der Waals surface area contributed by atoms with E-state index in [-0.39, 0.29) is 0 Å². The Hall–Kier alpha value is -2.38. The summed E-state index contributed by atoms with van der Waals surface area (Å²) in [6.45, 7) is 3.49. The van der Waals surface area contributed by atoms with Crippen molar-refractivity contribution in [2.75, 3.05) is 19.0 Å². The Kier molecular flexibility index (Phi) is 5.69. The van der Waals surface area contributed by atoms with E-state index in [1.54, 1.807) is 24.2 Å². The zero-order valence-electron chi connectivity index (χ0n) is 15.2. The van der Waals surface area contributed by atoms with Crippen molar-refractivity contribution in [3.8, 4) is 22.8 Å². The smallest absolute Gasteiger partial charge is 0.196 e. The van der Waals surface area contributed by atoms with Crippen molar-refractivity contribution < 1.29 is 9.47 Å². The number of thioether (sulfide) groups is 1. The number of nitrogens with zero attached hydrogens (tertiary/aromatic N) is 4. The second kappa shape index (κ2) is 8.54. The van der Waals surface area contributed by atoms with Gasteiger partial charge in [-0.25, -0.2) is 0 Å². The first kappa shape index (κ1) is 18.0. The van der Waals surface area contributed by atoms with Crippen LogP contribution in [0.1, 0.15) is 19.8 Å². The highest BCUT2D eigenvalue weighted by Crippen LogP contribution is 2.30. The molecule has 1 aromatic carbocycles. The largest absolute Gasteiger partial charge is 0.494 e. The third-order valence-electron chi connectivity index (χ3n) is 4.40. The van der Waals surface area contributed by atoms with Gasteiger partial charge in [0.2, 0.25) is 0 Å². The minimum Gasteiger partial charge on any atom is -0.494 e. The lowest BCUT2D eigenvalue weighted by Crippen LogP contribution is -2.09. The van der Waals surface area contributed by atoms with E-state index >= 15 is 0 Å². The predicted molar refractivity (Wildman–Crippen MR) is 105 cm³/mol. The molecular weight excluding hydrogens is 360 g/mol. The van der Waals surface area contributed by atoms with Crippen LogP contribution in [0.25, 0.3) is 17.1 Å². The molecule has 1 atom stereocenters. The summed E-state index contributed by atoms with van der Waals surface area (Å²) in [5.41, 5.74) is 1.99. The maximum Gasteiger partial charge on any atom is 0.196 e. The SMILES string of the molecule is CCOc1ccc(-n2c(SCC3CCCO3)nnc2-c2ccncc2)cc1. The second-order valence-electron chi connectivity index (χ2n) is 6.25. The normalized spacial score (nSPS) is 16.6. The van der Waals surface area contributed by atoms with Crippen molar-refractivity contribution in [1.29, 1.82) is 0 Å². The van der Waals surface area contributed by atoms with Gasteiger partial charge in [0.05, 0.1) is 12.7 Å². The molecule has 0 radical (unpaired) electrons. The fourth-order valence-electron chi connectivity index (χ4n) is 3.09. The number of hydrogen-bond acceptors (Lipinski definition) is 6. The first-order valence-electron chi connectivity index (χ1n) is 9.18. The highest BCUT2D eigenvalue weighted by molar-refractivity contribution is 7.99. The third kappa shape index (κ3) is 4.14. The molecule has 0 amide bonds. The van der Waals surface area contributed by atoms with E-state index in [2.05, 4.69) is 19.7 Å². The summed E-state index contributed by atoms with van der Waals surface area (Å²) in [5.74, 6) is 2.54. The molecule has 7 heteroatoms. The molecule has 1 aliphatic rings. The molecule has 1 unspecified atom stereocenters. The van der Waals surface area contributed by atoms with Crippen LogP contribution in [-0.4, -0.2) is 44.8 Å². The summed E-state index contributed by atoms with van der Waals surface area (Å²) in [4.78, 5) is 4.11. The van der Waals surface area contributed by atoms with Gasteiger partial charge in [0.1, 0.15) is 5.75 Å². The predicted octanol–water partition coefficient (Wildman–Crippen LogP) is 4.00. The Bertz CT molecular complexity index is 861. The van der Waals surface area contributed by atoms with E-state index in [0.717, 1.165) is 53.2 Å². The van der Waals surface area contributed by atoms with Gasteiger partial charge in [-0.05, 0) is 56.2 Å². The molecule has 1 saturated heterocycles. The number of aromatic nitrogens is 4. The van der Waals surface area contributed by atoms with Crippen molar-refractivity contribution in [3.63, 3.8) is 0 Å². The molecular formula is C20H22N4O2S. The summed E-state index contributed by atoms with van der Waals surface area (Å²) in [6.07, 6.45) is 6.09. The van der Waals surface area contributed by atoms with Gasteiger partial charge < -0.3 is 9.47 Å². The van der Waals surface area contributed by atoms with Gasteiger partial charge in [0.25, 0.3) is 0 Å². The molecule has 0 aliphatic carbocycles. The summed E-state index contributed by atoms with van der Waals surface area (Å²) in [5, 5.41) is 9.78. The van der Waals surface area contributed by atoms with Crippen molar-refractivity contribution in [2.24, 2.45) is 0 Å². The Morgan fingerprint density at radius 3 is 2.67 bits per heavy atom. The van der Waals surface area contributed by atoms with E-state index in [1.165, 1.54) is 0 Å². The highest BCUT2D eigenvalue weighted by Gasteiger charge is 2.20. The Balaban J connectivity index is 1.67. The van der Waals surface area contributed by atoms with Crippen LogP contribution in [0.15, 0.2) is 53.9 Å². The molecule has 140 valence electrons. The minimum atomic E-state index is 0.296. The maximum absolute atomic E-state index is 5.75. The van der Waals surface area contributed by atoms with Crippen LogP contribution in [0.3, 0.4) is 0 Å². The van der Waals surface area contributed by atoms with E-state index < -0.39 is 0 Å². The van der Waals surface area contributed by atoms with Crippen LogP contribution < -0.4 is 4.74 Å². The fourth-order valence-corrected chi connectivity index (χ4v) is 4.10. The average molecular weight is 382 g/mol. The van der Waals surface area contributed by atoms with Gasteiger partial charge in [-0.2, -0.15) is 0 Å². The second-order valence-corrected chi connectivity index (χ2v) is 7.24. The molecule has 3 aromatic rings. The lowest BCUT2D eigenvalue weighted by molar-refractivity contribution is 0.129. The van der Waals surface area contributed by atoms with Crippen molar-refractivity contribution in [2.45, 2.75) is 31.0 Å². The van der Waals surface area contributed by atoms with Crippen LogP contribution in [-0.2, 0) is 4.74 Å². The summed E-state index contributed by atoms with van der Waals surface area (Å²) in [7, 11) is 0. The van der Waals surface area contributed by atoms with Crippen molar-refractivity contribution >= 4 is 11.8 Å². The Morgan fingerprint density at radius 2 is 1.96 bits per heavy atom. The monoisotopic (exact) mass is 382 g/mol. The van der Waals surface area contributed by atoms with Gasteiger partial charge >= 0.3 is 0 Å². The lowest BCUT2D eigenvalue weighted by atomic mass is 10.2. The Labute approximate surface area is 162 Å². The van der Waals surface area contributed by atoms with Gasteiger partial charge in [0, 0.05) is 36.0 Å². The summed E-state index contributed by atoms with van der Waals surface area (Å²) < 4.78 is 13.4. The molecule has 0 spiro atoms. The van der Waals surface area contributed by atoms with Crippen LogP contribution in [0.2, 0.25) is 0 Å². The molecule has 0 N–H and O–H groups in total. The summed E-state index contributed by atoms with van der Waals surface area (Å²) >= 11 is 1.69. The fraction of sp³-hybridized carbons (Fsp3) is 0.350. The van der Waals surface area contributed by atoms with Crippen molar-refractivity contribution in [1.82, 2.24) is 19.7 Å². The molecule has 1 aliphatic heterocycles. The number of ether oxygens (including phenoxy) is 2. The van der Waals surface area contributed by atoms with Gasteiger partial charge in [0.15, 0.2) is 11.0 Å². The maximum atomic E-state index is 5.75. The standard InChI is InChI=1S/C20H22N4O2S/c1-2-25-17-7-5-16(6-8-17)24-19(15-9-11-21-12-10-15)22-23-20(24)27-14-18-4-3-13-26-18/h5-12,18H,2-4,13-14H2,1H3. The van der Waals surface area contributed by atoms with E-state index in [9.17, 15) is 0 Å². The van der Waals surface area contributed by atoms with Crippen LogP contribution >= 0.6 is 11.8 Å². The third-order valence-corrected chi connectivity index (χ3v) is 5.46.